The predicted octanol–water partition coefficient (Wildman–Crippen LogP) is 5.18. The molecule has 0 heterocycles. The zero-order chi connectivity index (χ0) is 15.2. The monoisotopic (exact) mass is 349 g/mol. The molecule has 2 aromatic rings. The normalized spacial score (nSPS) is 12.4. The lowest BCUT2D eigenvalue weighted by molar-refractivity contribution is 0.526. The van der Waals surface area contributed by atoms with Crippen LogP contribution in [0.15, 0.2) is 46.9 Å². The molecular formula is C18H21BrFN. The Hall–Kier alpha value is -1.19. The number of aryl methyl sites for hydroxylation is 1. The molecule has 1 nitrogen and oxygen atoms in total. The molecule has 0 bridgehead atoms. The third kappa shape index (κ3) is 4.65. The maximum atomic E-state index is 13.0. The van der Waals surface area contributed by atoms with E-state index in [1.54, 1.807) is 0 Å². The quantitative estimate of drug-likeness (QED) is 0.757. The molecule has 1 unspecified atom stereocenters. The van der Waals surface area contributed by atoms with Crippen LogP contribution >= 0.6 is 15.9 Å². The lowest BCUT2D eigenvalue weighted by Crippen LogP contribution is -2.24. The number of hydrogen-bond acceptors (Lipinski definition) is 1. The molecule has 0 aliphatic carbocycles. The summed E-state index contributed by atoms with van der Waals surface area (Å²) in [6.07, 6.45) is 1.96. The smallest absolute Gasteiger partial charge is 0.123 e. The van der Waals surface area contributed by atoms with E-state index in [0.29, 0.717) is 0 Å². The number of benzene rings is 2. The molecule has 2 rings (SSSR count). The van der Waals surface area contributed by atoms with E-state index in [2.05, 4.69) is 53.3 Å². The lowest BCUT2D eigenvalue weighted by atomic mass is 9.95. The number of halogens is 2. The summed E-state index contributed by atoms with van der Waals surface area (Å²) in [7, 11) is 0. The Morgan fingerprint density at radius 2 is 1.86 bits per heavy atom. The molecule has 1 atom stereocenters. The van der Waals surface area contributed by atoms with Crippen molar-refractivity contribution < 1.29 is 4.39 Å². The Kier molecular flexibility index (Phi) is 5.95. The first kappa shape index (κ1) is 16.2. The molecule has 0 radical (unpaired) electrons. The topological polar surface area (TPSA) is 12.0 Å². The van der Waals surface area contributed by atoms with Crippen molar-refractivity contribution in [1.82, 2.24) is 5.32 Å². The molecule has 0 amide bonds. The largest absolute Gasteiger partial charge is 0.310 e. The highest BCUT2D eigenvalue weighted by Gasteiger charge is 2.14. The molecular weight excluding hydrogens is 329 g/mol. The van der Waals surface area contributed by atoms with E-state index in [0.717, 1.165) is 29.4 Å². The summed E-state index contributed by atoms with van der Waals surface area (Å²) < 4.78 is 14.1. The zero-order valence-corrected chi connectivity index (χ0v) is 14.1. The molecule has 0 aromatic heterocycles. The maximum absolute atomic E-state index is 13.0. The van der Waals surface area contributed by atoms with Crippen molar-refractivity contribution in [1.29, 1.82) is 0 Å². The van der Waals surface area contributed by atoms with Gasteiger partial charge in [0.1, 0.15) is 5.82 Å². The zero-order valence-electron chi connectivity index (χ0n) is 12.5. The first-order valence-corrected chi connectivity index (χ1v) is 8.13. The van der Waals surface area contributed by atoms with E-state index in [9.17, 15) is 4.39 Å². The Morgan fingerprint density at radius 3 is 2.48 bits per heavy atom. The van der Waals surface area contributed by atoms with Crippen LogP contribution in [0.3, 0.4) is 0 Å². The van der Waals surface area contributed by atoms with Crippen LogP contribution in [-0.4, -0.2) is 6.54 Å². The summed E-state index contributed by atoms with van der Waals surface area (Å²) in [5.74, 6) is -0.184. The third-order valence-electron chi connectivity index (χ3n) is 3.60. The van der Waals surface area contributed by atoms with E-state index in [4.69, 9.17) is 0 Å². The van der Waals surface area contributed by atoms with Crippen molar-refractivity contribution >= 4 is 15.9 Å². The van der Waals surface area contributed by atoms with Crippen LogP contribution in [0.5, 0.6) is 0 Å². The Bertz CT molecular complexity index is 580. The highest BCUT2D eigenvalue weighted by atomic mass is 79.9. The van der Waals surface area contributed by atoms with Gasteiger partial charge in [0.05, 0.1) is 0 Å². The van der Waals surface area contributed by atoms with Gasteiger partial charge in [-0.05, 0) is 67.3 Å². The SMILES string of the molecule is CCCNC(Cc1ccc(F)cc1)c1ccc(Br)cc1C. The molecule has 112 valence electrons. The first-order chi connectivity index (χ1) is 10.1. The average molecular weight is 350 g/mol. The van der Waals surface area contributed by atoms with Crippen molar-refractivity contribution in [2.45, 2.75) is 32.7 Å². The van der Waals surface area contributed by atoms with Crippen molar-refractivity contribution in [3.8, 4) is 0 Å². The molecule has 21 heavy (non-hydrogen) atoms. The fourth-order valence-corrected chi connectivity index (χ4v) is 2.97. The second-order valence-corrected chi connectivity index (χ2v) is 6.25. The molecule has 0 aliphatic rings. The summed E-state index contributed by atoms with van der Waals surface area (Å²) in [6, 6.07) is 13.4. The van der Waals surface area contributed by atoms with Gasteiger partial charge in [-0.2, -0.15) is 0 Å². The van der Waals surface area contributed by atoms with Gasteiger partial charge in [0.25, 0.3) is 0 Å². The minimum Gasteiger partial charge on any atom is -0.310 e. The van der Waals surface area contributed by atoms with Gasteiger partial charge < -0.3 is 5.32 Å². The van der Waals surface area contributed by atoms with Crippen LogP contribution < -0.4 is 5.32 Å². The van der Waals surface area contributed by atoms with E-state index in [1.165, 1.54) is 23.3 Å². The number of rotatable bonds is 6. The number of hydrogen-bond donors (Lipinski definition) is 1. The van der Waals surface area contributed by atoms with Crippen LogP contribution in [0.2, 0.25) is 0 Å². The van der Waals surface area contributed by atoms with Gasteiger partial charge in [-0.1, -0.05) is 41.1 Å². The van der Waals surface area contributed by atoms with Gasteiger partial charge in [0.2, 0.25) is 0 Å². The predicted molar refractivity (Wildman–Crippen MR) is 90.0 cm³/mol. The Labute approximate surface area is 134 Å². The minimum atomic E-state index is -0.184. The van der Waals surface area contributed by atoms with Crippen molar-refractivity contribution in [3.63, 3.8) is 0 Å². The van der Waals surface area contributed by atoms with E-state index < -0.39 is 0 Å². The lowest BCUT2D eigenvalue weighted by Gasteiger charge is -2.21. The fourth-order valence-electron chi connectivity index (χ4n) is 2.50. The highest BCUT2D eigenvalue weighted by Crippen LogP contribution is 2.25. The molecule has 0 fully saturated rings. The van der Waals surface area contributed by atoms with E-state index in [-0.39, 0.29) is 11.9 Å². The van der Waals surface area contributed by atoms with Crippen LogP contribution in [0, 0.1) is 12.7 Å². The maximum Gasteiger partial charge on any atom is 0.123 e. The van der Waals surface area contributed by atoms with Gasteiger partial charge in [0, 0.05) is 10.5 Å². The second-order valence-electron chi connectivity index (χ2n) is 5.34. The second kappa shape index (κ2) is 7.71. The van der Waals surface area contributed by atoms with Gasteiger partial charge in [-0.3, -0.25) is 0 Å². The van der Waals surface area contributed by atoms with Crippen molar-refractivity contribution in [3.05, 3.63) is 69.4 Å². The molecule has 1 N–H and O–H groups in total. The van der Waals surface area contributed by atoms with Gasteiger partial charge >= 0.3 is 0 Å². The average Bonchev–Trinajstić information content (AvgIpc) is 2.46. The molecule has 3 heteroatoms. The Morgan fingerprint density at radius 1 is 1.14 bits per heavy atom. The van der Waals surface area contributed by atoms with Crippen LogP contribution in [0.1, 0.15) is 36.1 Å². The van der Waals surface area contributed by atoms with Gasteiger partial charge in [-0.25, -0.2) is 4.39 Å². The van der Waals surface area contributed by atoms with Crippen LogP contribution in [0.25, 0.3) is 0 Å². The standard InChI is InChI=1S/C18H21BrFN/c1-3-10-21-18(12-14-4-7-16(20)8-5-14)17-9-6-15(19)11-13(17)2/h4-9,11,18,21H,3,10,12H2,1-2H3. The highest BCUT2D eigenvalue weighted by molar-refractivity contribution is 9.10. The summed E-state index contributed by atoms with van der Waals surface area (Å²) in [5, 5.41) is 3.60. The molecule has 0 aliphatic heterocycles. The summed E-state index contributed by atoms with van der Waals surface area (Å²) in [5.41, 5.74) is 3.71. The van der Waals surface area contributed by atoms with Crippen molar-refractivity contribution in [2.24, 2.45) is 0 Å². The number of nitrogens with one attached hydrogen (secondary N) is 1. The van der Waals surface area contributed by atoms with Crippen LogP contribution in [0.4, 0.5) is 4.39 Å². The van der Waals surface area contributed by atoms with Gasteiger partial charge in [-0.15, -0.1) is 0 Å². The van der Waals surface area contributed by atoms with Crippen molar-refractivity contribution in [2.75, 3.05) is 6.54 Å². The van der Waals surface area contributed by atoms with E-state index >= 15 is 0 Å². The first-order valence-electron chi connectivity index (χ1n) is 7.34. The summed E-state index contributed by atoms with van der Waals surface area (Å²) >= 11 is 3.51. The third-order valence-corrected chi connectivity index (χ3v) is 4.09. The Balaban J connectivity index is 2.22. The van der Waals surface area contributed by atoms with Crippen LogP contribution in [-0.2, 0) is 6.42 Å². The van der Waals surface area contributed by atoms with E-state index in [1.807, 2.05) is 12.1 Å². The minimum absolute atomic E-state index is 0.184. The fraction of sp³-hybridized carbons (Fsp3) is 0.333. The van der Waals surface area contributed by atoms with Gasteiger partial charge in [0.15, 0.2) is 0 Å². The molecule has 2 aromatic carbocycles. The molecule has 0 saturated heterocycles. The molecule has 0 saturated carbocycles. The summed E-state index contributed by atoms with van der Waals surface area (Å²) in [4.78, 5) is 0. The summed E-state index contributed by atoms with van der Waals surface area (Å²) in [6.45, 7) is 5.27. The molecule has 0 spiro atoms.